The van der Waals surface area contributed by atoms with Crippen LogP contribution in [-0.2, 0) is 30.2 Å². The van der Waals surface area contributed by atoms with E-state index in [2.05, 4.69) is 20.9 Å². The molecule has 12 nitrogen and oxygen atoms in total. The normalized spacial score (nSPS) is 20.9. The van der Waals surface area contributed by atoms with Gasteiger partial charge in [0, 0.05) is 24.2 Å². The molecule has 2 aliphatic heterocycles. The number of carbonyl (C=O) groups excluding carboxylic acids is 3. The van der Waals surface area contributed by atoms with Gasteiger partial charge in [-0.1, -0.05) is 81.4 Å². The number of pyridine rings is 1. The Morgan fingerprint density at radius 3 is 2.38 bits per heavy atom. The summed E-state index contributed by atoms with van der Waals surface area (Å²) < 4.78 is 21.5. The van der Waals surface area contributed by atoms with Gasteiger partial charge in [0.1, 0.15) is 12.1 Å². The summed E-state index contributed by atoms with van der Waals surface area (Å²) >= 11 is 0. The van der Waals surface area contributed by atoms with Gasteiger partial charge in [-0.2, -0.15) is 0 Å². The van der Waals surface area contributed by atoms with Crippen LogP contribution in [0.5, 0.6) is 0 Å². The molecule has 0 saturated carbocycles. The Balaban J connectivity index is 1.39. The SMILES string of the molecule is COC(=O)NC(C(=O)NC(C(O)CCNC(=O)O[C@H]1CO[C@H]2OCC[C@H]21)C(Cc1ccccc1)c1ccc(-c2ccccn2)cc1)C(C)(C)C. The number of hydrogen-bond donors (Lipinski definition) is 4. The second kappa shape index (κ2) is 16.9. The Bertz CT molecular complexity index is 1550. The van der Waals surface area contributed by atoms with Crippen molar-refractivity contribution in [2.45, 2.75) is 76.5 Å². The van der Waals surface area contributed by atoms with Crippen LogP contribution in [0.1, 0.15) is 50.7 Å². The fourth-order valence-corrected chi connectivity index (χ4v) is 6.55. The number of methoxy groups -OCH3 is 1. The lowest BCUT2D eigenvalue weighted by atomic mass is 9.81. The molecule has 5 rings (SSSR count). The third kappa shape index (κ3) is 9.58. The van der Waals surface area contributed by atoms with Crippen LogP contribution in [0.15, 0.2) is 79.0 Å². The third-order valence-corrected chi connectivity index (χ3v) is 9.28. The maximum absolute atomic E-state index is 14.0. The number of aliphatic hydroxyl groups is 1. The molecule has 50 heavy (non-hydrogen) atoms. The number of amides is 3. The number of alkyl carbamates (subject to hydrolysis) is 2. The van der Waals surface area contributed by atoms with Crippen molar-refractivity contribution in [2.75, 3.05) is 26.9 Å². The standard InChI is InChI=1S/C38H48N4O8/c1-38(2,3)33(42-37(46)47-4)34(44)41-32(30(43)17-20-40-36(45)50-31-23-49-35-27(31)18-21-48-35)28(22-24-10-6-5-7-11-24)25-13-15-26(16-14-25)29-12-8-9-19-39-29/h5-16,19,27-28,30-33,35,43H,17-18,20-23H2,1-4H3,(H,40,45)(H,41,44)(H,42,46)/t27-,28?,30?,31-,32?,33?,35+/m0/s1. The lowest BCUT2D eigenvalue weighted by Crippen LogP contribution is -2.58. The van der Waals surface area contributed by atoms with Crippen LogP contribution in [0.4, 0.5) is 9.59 Å². The van der Waals surface area contributed by atoms with E-state index in [4.69, 9.17) is 18.9 Å². The number of ether oxygens (including phenoxy) is 4. The van der Waals surface area contributed by atoms with Crippen LogP contribution in [0.3, 0.4) is 0 Å². The predicted octanol–water partition coefficient (Wildman–Crippen LogP) is 4.57. The van der Waals surface area contributed by atoms with E-state index in [1.165, 1.54) is 7.11 Å². The molecule has 268 valence electrons. The van der Waals surface area contributed by atoms with Gasteiger partial charge in [-0.3, -0.25) is 9.78 Å². The smallest absolute Gasteiger partial charge is 0.407 e. The Hall–Kier alpha value is -4.52. The van der Waals surface area contributed by atoms with E-state index < -0.39 is 53.7 Å². The molecule has 7 atom stereocenters. The predicted molar refractivity (Wildman–Crippen MR) is 186 cm³/mol. The van der Waals surface area contributed by atoms with Gasteiger partial charge < -0.3 is 40.0 Å². The number of fused-ring (bicyclic) bond motifs is 1. The molecular weight excluding hydrogens is 640 g/mol. The summed E-state index contributed by atoms with van der Waals surface area (Å²) in [4.78, 5) is 43.5. The van der Waals surface area contributed by atoms with E-state index in [-0.39, 0.29) is 31.8 Å². The van der Waals surface area contributed by atoms with Crippen molar-refractivity contribution in [1.29, 1.82) is 0 Å². The fraction of sp³-hybridized carbons (Fsp3) is 0.474. The quantitative estimate of drug-likeness (QED) is 0.202. The highest BCUT2D eigenvalue weighted by molar-refractivity contribution is 5.86. The van der Waals surface area contributed by atoms with Gasteiger partial charge in [0.25, 0.3) is 0 Å². The van der Waals surface area contributed by atoms with Crippen molar-refractivity contribution in [3.63, 3.8) is 0 Å². The molecule has 2 aliphatic rings. The Morgan fingerprint density at radius 2 is 1.70 bits per heavy atom. The molecular formula is C38H48N4O8. The zero-order valence-corrected chi connectivity index (χ0v) is 29.0. The number of aliphatic hydroxyl groups excluding tert-OH is 1. The van der Waals surface area contributed by atoms with Gasteiger partial charge in [0.2, 0.25) is 5.91 Å². The maximum atomic E-state index is 14.0. The van der Waals surface area contributed by atoms with Crippen molar-refractivity contribution in [1.82, 2.24) is 20.9 Å². The number of rotatable bonds is 13. The van der Waals surface area contributed by atoms with E-state index in [0.717, 1.165) is 28.8 Å². The number of aromatic nitrogens is 1. The first kappa shape index (κ1) is 36.8. The summed E-state index contributed by atoms with van der Waals surface area (Å²) in [5.74, 6) is -0.880. The summed E-state index contributed by atoms with van der Waals surface area (Å²) in [6, 6.07) is 21.7. The molecule has 12 heteroatoms. The van der Waals surface area contributed by atoms with Gasteiger partial charge in [0.15, 0.2) is 6.29 Å². The van der Waals surface area contributed by atoms with Crippen molar-refractivity contribution in [2.24, 2.45) is 11.3 Å². The van der Waals surface area contributed by atoms with Gasteiger partial charge in [-0.25, -0.2) is 9.59 Å². The third-order valence-electron chi connectivity index (χ3n) is 9.28. The zero-order chi connectivity index (χ0) is 35.7. The van der Waals surface area contributed by atoms with E-state index in [0.29, 0.717) is 13.0 Å². The molecule has 3 amide bonds. The number of nitrogens with zero attached hydrogens (tertiary/aromatic N) is 1. The number of hydrogen-bond acceptors (Lipinski definition) is 9. The zero-order valence-electron chi connectivity index (χ0n) is 29.0. The molecule has 0 spiro atoms. The number of carbonyl (C=O) groups is 3. The molecule has 2 saturated heterocycles. The van der Waals surface area contributed by atoms with E-state index in [9.17, 15) is 19.5 Å². The summed E-state index contributed by atoms with van der Waals surface area (Å²) in [7, 11) is 1.24. The molecule has 2 aromatic carbocycles. The molecule has 4 N–H and O–H groups in total. The lowest BCUT2D eigenvalue weighted by Gasteiger charge is -2.36. The second-order valence-electron chi connectivity index (χ2n) is 13.9. The average molecular weight is 689 g/mol. The minimum Gasteiger partial charge on any atom is -0.453 e. The van der Waals surface area contributed by atoms with Gasteiger partial charge in [0.05, 0.1) is 44.1 Å². The summed E-state index contributed by atoms with van der Waals surface area (Å²) in [5, 5.41) is 20.4. The molecule has 0 aliphatic carbocycles. The maximum Gasteiger partial charge on any atom is 0.407 e. The van der Waals surface area contributed by atoms with Crippen LogP contribution >= 0.6 is 0 Å². The minimum atomic E-state index is -1.11. The Labute approximate surface area is 293 Å². The fourth-order valence-electron chi connectivity index (χ4n) is 6.55. The average Bonchev–Trinajstić information content (AvgIpc) is 3.74. The van der Waals surface area contributed by atoms with Crippen molar-refractivity contribution >= 4 is 18.1 Å². The topological polar surface area (TPSA) is 157 Å². The van der Waals surface area contributed by atoms with Crippen LogP contribution in [0.25, 0.3) is 11.3 Å². The van der Waals surface area contributed by atoms with E-state index in [1.807, 2.05) is 93.6 Å². The van der Waals surface area contributed by atoms with Crippen LogP contribution < -0.4 is 16.0 Å². The molecule has 3 aromatic rings. The highest BCUT2D eigenvalue weighted by Gasteiger charge is 2.44. The van der Waals surface area contributed by atoms with Crippen LogP contribution in [-0.4, -0.2) is 85.6 Å². The van der Waals surface area contributed by atoms with Gasteiger partial charge >= 0.3 is 12.2 Å². The van der Waals surface area contributed by atoms with Crippen molar-refractivity contribution in [3.05, 3.63) is 90.1 Å². The van der Waals surface area contributed by atoms with Gasteiger partial charge in [-0.05, 0) is 47.9 Å². The first-order chi connectivity index (χ1) is 24.0. The van der Waals surface area contributed by atoms with Crippen molar-refractivity contribution < 1.29 is 38.4 Å². The van der Waals surface area contributed by atoms with Crippen LogP contribution in [0.2, 0.25) is 0 Å². The Kier molecular flexibility index (Phi) is 12.4. The molecule has 3 heterocycles. The highest BCUT2D eigenvalue weighted by Crippen LogP contribution is 2.33. The second-order valence-corrected chi connectivity index (χ2v) is 13.9. The van der Waals surface area contributed by atoms with Crippen LogP contribution in [0, 0.1) is 11.3 Å². The first-order valence-electron chi connectivity index (χ1n) is 17.1. The molecule has 2 fully saturated rings. The summed E-state index contributed by atoms with van der Waals surface area (Å²) in [6.45, 7) is 6.43. The minimum absolute atomic E-state index is 0.00287. The van der Waals surface area contributed by atoms with E-state index >= 15 is 0 Å². The lowest BCUT2D eigenvalue weighted by molar-refractivity contribution is -0.127. The Morgan fingerprint density at radius 1 is 0.960 bits per heavy atom. The first-order valence-corrected chi connectivity index (χ1v) is 17.1. The molecule has 0 bridgehead atoms. The number of nitrogens with one attached hydrogen (secondary N) is 3. The number of benzene rings is 2. The summed E-state index contributed by atoms with van der Waals surface area (Å²) in [5.41, 5.74) is 2.95. The largest absolute Gasteiger partial charge is 0.453 e. The highest BCUT2D eigenvalue weighted by atomic mass is 16.7. The van der Waals surface area contributed by atoms with Crippen molar-refractivity contribution in [3.8, 4) is 11.3 Å². The summed E-state index contributed by atoms with van der Waals surface area (Å²) in [6.07, 6.45) is -0.114. The van der Waals surface area contributed by atoms with E-state index in [1.54, 1.807) is 6.20 Å². The van der Waals surface area contributed by atoms with Gasteiger partial charge in [-0.15, -0.1) is 0 Å². The molecule has 1 aromatic heterocycles. The monoisotopic (exact) mass is 688 g/mol. The molecule has 4 unspecified atom stereocenters. The molecule has 0 radical (unpaired) electrons.